The van der Waals surface area contributed by atoms with Gasteiger partial charge in [0.1, 0.15) is 5.82 Å². The van der Waals surface area contributed by atoms with Gasteiger partial charge in [-0.1, -0.05) is 48.5 Å². The number of hydrogen-bond donors (Lipinski definition) is 2. The van der Waals surface area contributed by atoms with Gasteiger partial charge >= 0.3 is 0 Å². The van der Waals surface area contributed by atoms with Crippen molar-refractivity contribution in [3.8, 4) is 0 Å². The zero-order chi connectivity index (χ0) is 28.5. The predicted molar refractivity (Wildman–Crippen MR) is 167 cm³/mol. The van der Waals surface area contributed by atoms with Gasteiger partial charge in [-0.05, 0) is 67.8 Å². The van der Waals surface area contributed by atoms with Crippen molar-refractivity contribution in [1.82, 2.24) is 15.3 Å². The maximum absolute atomic E-state index is 13.6. The van der Waals surface area contributed by atoms with Crippen molar-refractivity contribution in [2.45, 2.75) is 44.7 Å². The van der Waals surface area contributed by atoms with E-state index in [1.165, 1.54) is 11.3 Å². The summed E-state index contributed by atoms with van der Waals surface area (Å²) in [6, 6.07) is 23.5. The minimum Gasteiger partial charge on any atom is -0.362 e. The number of aryl methyl sites for hydroxylation is 1. The van der Waals surface area contributed by atoms with Gasteiger partial charge in [-0.25, -0.2) is 4.98 Å². The number of benzene rings is 3. The first-order chi connectivity index (χ1) is 19.9. The summed E-state index contributed by atoms with van der Waals surface area (Å²) in [5, 5.41) is 8.84. The molecule has 0 spiro atoms. The second-order valence-electron chi connectivity index (χ2n) is 10.9. The maximum Gasteiger partial charge on any atom is 0.252 e. The predicted octanol–water partition coefficient (Wildman–Crippen LogP) is 6.60. The van der Waals surface area contributed by atoms with E-state index in [0.29, 0.717) is 22.0 Å². The molecule has 0 unspecified atom stereocenters. The van der Waals surface area contributed by atoms with Gasteiger partial charge in [0.15, 0.2) is 0 Å². The second-order valence-corrected chi connectivity index (χ2v) is 11.9. The van der Waals surface area contributed by atoms with Crippen molar-refractivity contribution in [2.75, 3.05) is 24.3 Å². The number of carbonyl (C=O) groups excluding carboxylic acids is 2. The monoisotopic (exact) mass is 563 g/mol. The van der Waals surface area contributed by atoms with Crippen molar-refractivity contribution < 1.29 is 9.59 Å². The summed E-state index contributed by atoms with van der Waals surface area (Å²) in [7, 11) is 3.98. The molecule has 3 aromatic carbocycles. The fourth-order valence-corrected chi connectivity index (χ4v) is 6.85. The Labute approximate surface area is 243 Å². The Hall–Kier alpha value is -4.30. The molecule has 0 aliphatic heterocycles. The normalized spacial score (nSPS) is 17.0. The molecule has 8 heteroatoms. The van der Waals surface area contributed by atoms with E-state index >= 15 is 0 Å². The highest BCUT2D eigenvalue weighted by atomic mass is 32.1. The van der Waals surface area contributed by atoms with Crippen molar-refractivity contribution >= 4 is 55.8 Å². The highest BCUT2D eigenvalue weighted by molar-refractivity contribution is 7.21. The molecule has 0 bridgehead atoms. The minimum atomic E-state index is -0.197. The molecule has 0 atom stereocenters. The Morgan fingerprint density at radius 1 is 0.805 bits per heavy atom. The first-order valence-corrected chi connectivity index (χ1v) is 14.8. The molecule has 208 valence electrons. The van der Waals surface area contributed by atoms with Crippen molar-refractivity contribution in [3.63, 3.8) is 0 Å². The number of nitrogens with zero attached hydrogens (tertiary/aromatic N) is 3. The first kappa shape index (κ1) is 26.9. The molecule has 1 aliphatic carbocycles. The largest absolute Gasteiger partial charge is 0.362 e. The van der Waals surface area contributed by atoms with Gasteiger partial charge in [0.2, 0.25) is 11.7 Å². The molecule has 7 nitrogen and oxygen atoms in total. The summed E-state index contributed by atoms with van der Waals surface area (Å²) in [6.07, 6.45) is 3.45. The van der Waals surface area contributed by atoms with Gasteiger partial charge in [-0.15, -0.1) is 11.3 Å². The molecule has 2 N–H and O–H groups in total. The molecule has 1 fully saturated rings. The van der Waals surface area contributed by atoms with Crippen LogP contribution in [0.15, 0.2) is 72.8 Å². The summed E-state index contributed by atoms with van der Waals surface area (Å²) in [5.74, 6) is 1.22. The molecule has 5 aromatic rings. The van der Waals surface area contributed by atoms with E-state index in [1.807, 2.05) is 86.6 Å². The van der Waals surface area contributed by atoms with Crippen molar-refractivity contribution in [1.29, 1.82) is 0 Å². The van der Waals surface area contributed by atoms with E-state index in [-0.39, 0.29) is 23.8 Å². The van der Waals surface area contributed by atoms with E-state index < -0.39 is 0 Å². The summed E-state index contributed by atoms with van der Waals surface area (Å²) >= 11 is 1.49. The average Bonchev–Trinajstić information content (AvgIpc) is 3.33. The van der Waals surface area contributed by atoms with Crippen LogP contribution in [0.5, 0.6) is 0 Å². The standard InChI is InChI=1S/C33H33N5O2S/c1-20-23-10-7-9-15-28(23)41-30(20)29(39)24-11-4-5-12-25(24)32(40)34-21-16-18-22(19-17-21)35-33-36-27-14-8-6-13-26(27)31(37-33)38(2)3/h4-15,21-22H,16-19H2,1-3H3,(H,34,40)(H,35,36,37). The minimum absolute atomic E-state index is 0.0460. The number of rotatable bonds is 7. The maximum atomic E-state index is 13.6. The number of carbonyl (C=O) groups is 2. The first-order valence-electron chi connectivity index (χ1n) is 14.0. The third-order valence-corrected chi connectivity index (χ3v) is 9.14. The molecule has 2 aromatic heterocycles. The Kier molecular flexibility index (Phi) is 7.41. The van der Waals surface area contributed by atoms with Crippen LogP contribution in [-0.4, -0.2) is 47.8 Å². The number of fused-ring (bicyclic) bond motifs is 2. The summed E-state index contributed by atoms with van der Waals surface area (Å²) in [5.41, 5.74) is 2.74. The molecular formula is C33H33N5O2S. The van der Waals surface area contributed by atoms with Crippen LogP contribution in [0.3, 0.4) is 0 Å². The van der Waals surface area contributed by atoms with E-state index in [4.69, 9.17) is 9.97 Å². The number of thiophene rings is 1. The molecule has 6 rings (SSSR count). The molecule has 2 heterocycles. The SMILES string of the molecule is Cc1c(C(=O)c2ccccc2C(=O)NC2CCC(Nc3nc(N(C)C)c4ccccc4n3)CC2)sc2ccccc12. The highest BCUT2D eigenvalue weighted by Crippen LogP contribution is 2.33. The van der Waals surface area contributed by atoms with Crippen LogP contribution in [-0.2, 0) is 0 Å². The Bertz CT molecular complexity index is 1750. The Morgan fingerprint density at radius 2 is 1.44 bits per heavy atom. The summed E-state index contributed by atoms with van der Waals surface area (Å²) in [4.78, 5) is 39.3. The highest BCUT2D eigenvalue weighted by Gasteiger charge is 2.26. The van der Waals surface area contributed by atoms with Gasteiger partial charge in [-0.2, -0.15) is 4.98 Å². The van der Waals surface area contributed by atoms with E-state index in [1.54, 1.807) is 12.1 Å². The third-order valence-electron chi connectivity index (χ3n) is 7.87. The molecule has 0 saturated heterocycles. The smallest absolute Gasteiger partial charge is 0.252 e. The van der Waals surface area contributed by atoms with E-state index in [0.717, 1.165) is 58.1 Å². The van der Waals surface area contributed by atoms with Crippen LogP contribution in [0, 0.1) is 6.92 Å². The van der Waals surface area contributed by atoms with Gasteiger partial charge in [0, 0.05) is 41.8 Å². The third kappa shape index (κ3) is 5.39. The molecule has 41 heavy (non-hydrogen) atoms. The number of para-hydroxylation sites is 1. The molecule has 1 aliphatic rings. The fraction of sp³-hybridized carbons (Fsp3) is 0.273. The van der Waals surface area contributed by atoms with Crippen LogP contribution >= 0.6 is 11.3 Å². The van der Waals surface area contributed by atoms with Crippen molar-refractivity contribution in [3.05, 3.63) is 94.4 Å². The number of ketones is 1. The van der Waals surface area contributed by atoms with Crippen LogP contribution in [0.2, 0.25) is 0 Å². The number of hydrogen-bond acceptors (Lipinski definition) is 7. The van der Waals surface area contributed by atoms with Gasteiger partial charge in [-0.3, -0.25) is 9.59 Å². The number of nitrogens with one attached hydrogen (secondary N) is 2. The molecule has 1 saturated carbocycles. The van der Waals surface area contributed by atoms with E-state index in [2.05, 4.69) is 10.6 Å². The van der Waals surface area contributed by atoms with E-state index in [9.17, 15) is 9.59 Å². The van der Waals surface area contributed by atoms with Crippen molar-refractivity contribution in [2.24, 2.45) is 0 Å². The van der Waals surface area contributed by atoms with Crippen LogP contribution in [0.4, 0.5) is 11.8 Å². The molecule has 1 amide bonds. The van der Waals surface area contributed by atoms with Gasteiger partial charge < -0.3 is 15.5 Å². The Morgan fingerprint density at radius 3 is 2.17 bits per heavy atom. The van der Waals surface area contributed by atoms with Gasteiger partial charge in [0.25, 0.3) is 5.91 Å². The number of anilines is 2. The summed E-state index contributed by atoms with van der Waals surface area (Å²) in [6.45, 7) is 1.98. The number of aromatic nitrogens is 2. The lowest BCUT2D eigenvalue weighted by Crippen LogP contribution is -2.40. The quantitative estimate of drug-likeness (QED) is 0.217. The molecule has 0 radical (unpaired) electrons. The number of amides is 1. The zero-order valence-corrected chi connectivity index (χ0v) is 24.3. The van der Waals surface area contributed by atoms with Crippen LogP contribution in [0.1, 0.15) is 56.8 Å². The second kappa shape index (κ2) is 11.3. The van der Waals surface area contributed by atoms with Crippen LogP contribution < -0.4 is 15.5 Å². The van der Waals surface area contributed by atoms with Crippen LogP contribution in [0.25, 0.3) is 21.0 Å². The van der Waals surface area contributed by atoms with Gasteiger partial charge in [0.05, 0.1) is 16.0 Å². The fourth-order valence-electron chi connectivity index (χ4n) is 5.69. The molecular weight excluding hydrogens is 530 g/mol. The lowest BCUT2D eigenvalue weighted by atomic mass is 9.90. The zero-order valence-electron chi connectivity index (χ0n) is 23.5. The average molecular weight is 564 g/mol. The topological polar surface area (TPSA) is 87.2 Å². The summed E-state index contributed by atoms with van der Waals surface area (Å²) < 4.78 is 1.08. The lowest BCUT2D eigenvalue weighted by Gasteiger charge is -2.30. The Balaban J connectivity index is 1.12. The lowest BCUT2D eigenvalue weighted by molar-refractivity contribution is 0.0917.